The fourth-order valence-corrected chi connectivity index (χ4v) is 3.95. The normalized spacial score (nSPS) is 16.5. The van der Waals surface area contributed by atoms with Crippen LogP contribution in [-0.4, -0.2) is 38.1 Å². The van der Waals surface area contributed by atoms with Crippen molar-refractivity contribution >= 4 is 17.9 Å². The molecule has 130 valence electrons. The van der Waals surface area contributed by atoms with Gasteiger partial charge in [0.1, 0.15) is 5.69 Å². The third-order valence-electron chi connectivity index (χ3n) is 4.69. The summed E-state index contributed by atoms with van der Waals surface area (Å²) in [6.45, 7) is 7.07. The number of piperidine rings is 1. The Balaban J connectivity index is 1.65. The highest BCUT2D eigenvalue weighted by atomic mass is 32.2. The zero-order valence-corrected chi connectivity index (χ0v) is 15.3. The van der Waals surface area contributed by atoms with Crippen LogP contribution in [0.2, 0.25) is 0 Å². The number of aromatic nitrogens is 3. The molecule has 1 aliphatic heterocycles. The molecule has 2 aromatic heterocycles. The molecule has 0 unspecified atom stereocenters. The Bertz CT molecular complexity index is 686. The van der Waals surface area contributed by atoms with E-state index in [0.717, 1.165) is 30.4 Å². The Morgan fingerprint density at radius 2 is 2.21 bits per heavy atom. The van der Waals surface area contributed by atoms with Crippen LogP contribution in [0, 0.1) is 12.8 Å². The molecule has 6 nitrogen and oxygen atoms in total. The molecule has 0 aromatic carbocycles. The van der Waals surface area contributed by atoms with Crippen LogP contribution >= 0.6 is 11.9 Å². The van der Waals surface area contributed by atoms with E-state index in [1.54, 1.807) is 18.1 Å². The number of carbonyl (C=O) groups is 1. The van der Waals surface area contributed by atoms with E-state index in [9.17, 15) is 4.79 Å². The number of amides is 1. The van der Waals surface area contributed by atoms with Gasteiger partial charge in [0.2, 0.25) is 0 Å². The number of rotatable bonds is 5. The monoisotopic (exact) mass is 347 g/mol. The molecule has 1 aliphatic rings. The van der Waals surface area contributed by atoms with Gasteiger partial charge in [0, 0.05) is 36.9 Å². The molecule has 1 saturated heterocycles. The topological polar surface area (TPSA) is 66.0 Å². The Labute approximate surface area is 147 Å². The summed E-state index contributed by atoms with van der Waals surface area (Å²) in [4.78, 5) is 13.6. The molecule has 24 heavy (non-hydrogen) atoms. The van der Waals surface area contributed by atoms with Gasteiger partial charge in [-0.3, -0.25) is 9.89 Å². The van der Waals surface area contributed by atoms with Crippen molar-refractivity contribution in [2.24, 2.45) is 13.0 Å². The SMILES string of the molecule is Cc1c(SN2CCC(C)CC2)cc(C(=O)NCc2ccn[nH]2)n1C. The first kappa shape index (κ1) is 17.1. The number of hydrogen-bond donors (Lipinski definition) is 2. The smallest absolute Gasteiger partial charge is 0.268 e. The highest BCUT2D eigenvalue weighted by molar-refractivity contribution is 7.97. The molecule has 1 fully saturated rings. The molecule has 1 amide bonds. The van der Waals surface area contributed by atoms with Crippen molar-refractivity contribution in [3.63, 3.8) is 0 Å². The minimum absolute atomic E-state index is 0.0608. The predicted octanol–water partition coefficient (Wildman–Crippen LogP) is 2.73. The van der Waals surface area contributed by atoms with Crippen molar-refractivity contribution in [2.75, 3.05) is 13.1 Å². The van der Waals surface area contributed by atoms with E-state index in [1.165, 1.54) is 17.7 Å². The lowest BCUT2D eigenvalue weighted by molar-refractivity contribution is 0.0942. The van der Waals surface area contributed by atoms with Gasteiger partial charge < -0.3 is 9.88 Å². The molecule has 3 rings (SSSR count). The maximum absolute atomic E-state index is 12.5. The summed E-state index contributed by atoms with van der Waals surface area (Å²) in [5, 5.41) is 9.68. The van der Waals surface area contributed by atoms with Crippen LogP contribution in [0.25, 0.3) is 0 Å². The first-order valence-electron chi connectivity index (χ1n) is 8.40. The van der Waals surface area contributed by atoms with E-state index in [1.807, 2.05) is 23.7 Å². The van der Waals surface area contributed by atoms with Gasteiger partial charge in [-0.25, -0.2) is 4.31 Å². The molecule has 0 bridgehead atoms. The van der Waals surface area contributed by atoms with Gasteiger partial charge in [0.05, 0.1) is 12.2 Å². The van der Waals surface area contributed by atoms with Crippen molar-refractivity contribution in [2.45, 2.75) is 38.1 Å². The summed E-state index contributed by atoms with van der Waals surface area (Å²) in [7, 11) is 1.95. The van der Waals surface area contributed by atoms with E-state index in [-0.39, 0.29) is 5.91 Å². The first-order valence-corrected chi connectivity index (χ1v) is 9.17. The van der Waals surface area contributed by atoms with Gasteiger partial charge in [-0.2, -0.15) is 5.10 Å². The number of hydrogen-bond acceptors (Lipinski definition) is 4. The molecule has 0 radical (unpaired) electrons. The van der Waals surface area contributed by atoms with Gasteiger partial charge in [-0.05, 0) is 49.8 Å². The molecule has 0 spiro atoms. The summed E-state index contributed by atoms with van der Waals surface area (Å²) < 4.78 is 4.38. The lowest BCUT2D eigenvalue weighted by Crippen LogP contribution is -2.27. The zero-order chi connectivity index (χ0) is 17.1. The minimum atomic E-state index is -0.0608. The fraction of sp³-hybridized carbons (Fsp3) is 0.529. The first-order chi connectivity index (χ1) is 11.5. The van der Waals surface area contributed by atoms with Crippen LogP contribution < -0.4 is 5.32 Å². The molecule has 3 heterocycles. The Morgan fingerprint density at radius 3 is 2.88 bits per heavy atom. The van der Waals surface area contributed by atoms with Crippen LogP contribution in [0.3, 0.4) is 0 Å². The molecule has 0 aliphatic carbocycles. The summed E-state index contributed by atoms with van der Waals surface area (Å²) in [6.07, 6.45) is 4.18. The fourth-order valence-electron chi connectivity index (χ4n) is 2.85. The number of nitrogens with one attached hydrogen (secondary N) is 2. The Morgan fingerprint density at radius 1 is 1.46 bits per heavy atom. The van der Waals surface area contributed by atoms with E-state index < -0.39 is 0 Å². The third-order valence-corrected chi connectivity index (χ3v) is 5.92. The number of aromatic amines is 1. The van der Waals surface area contributed by atoms with Gasteiger partial charge >= 0.3 is 0 Å². The summed E-state index contributed by atoms with van der Waals surface area (Å²) in [6, 6.07) is 3.86. The molecule has 2 aromatic rings. The maximum atomic E-state index is 12.5. The Kier molecular flexibility index (Phi) is 5.30. The quantitative estimate of drug-likeness (QED) is 0.816. The lowest BCUT2D eigenvalue weighted by atomic mass is 10.0. The molecular weight excluding hydrogens is 322 g/mol. The van der Waals surface area contributed by atoms with Gasteiger partial charge in [0.25, 0.3) is 5.91 Å². The van der Waals surface area contributed by atoms with Gasteiger partial charge in [-0.15, -0.1) is 0 Å². The largest absolute Gasteiger partial charge is 0.345 e. The second-order valence-corrected chi connectivity index (χ2v) is 7.64. The molecule has 0 atom stereocenters. The number of carbonyl (C=O) groups excluding carboxylic acids is 1. The summed E-state index contributed by atoms with van der Waals surface area (Å²) in [5.74, 6) is 0.761. The standard InChI is InChI=1S/C17H25N5OS/c1-12-5-8-22(9-6-12)24-16-10-15(21(3)13(16)2)17(23)18-11-14-4-7-19-20-14/h4,7,10,12H,5-6,8-9,11H2,1-3H3,(H,18,23)(H,19,20). The Hall–Kier alpha value is -1.73. The molecule has 2 N–H and O–H groups in total. The van der Waals surface area contributed by atoms with Gasteiger partial charge in [0.15, 0.2) is 0 Å². The average molecular weight is 347 g/mol. The van der Waals surface area contributed by atoms with Crippen molar-refractivity contribution in [3.05, 3.63) is 35.4 Å². The van der Waals surface area contributed by atoms with Crippen LogP contribution in [-0.2, 0) is 13.6 Å². The summed E-state index contributed by atoms with van der Waals surface area (Å²) in [5.41, 5.74) is 2.72. The van der Waals surface area contributed by atoms with Crippen LogP contribution in [0.4, 0.5) is 0 Å². The second-order valence-electron chi connectivity index (χ2n) is 6.51. The van der Waals surface area contributed by atoms with E-state index in [4.69, 9.17) is 0 Å². The minimum Gasteiger partial charge on any atom is -0.345 e. The third kappa shape index (κ3) is 3.84. The second kappa shape index (κ2) is 7.44. The summed E-state index contributed by atoms with van der Waals surface area (Å²) >= 11 is 1.78. The van der Waals surface area contributed by atoms with Crippen LogP contribution in [0.15, 0.2) is 23.2 Å². The number of H-pyrrole nitrogens is 1. The van der Waals surface area contributed by atoms with Crippen molar-refractivity contribution in [1.29, 1.82) is 0 Å². The van der Waals surface area contributed by atoms with Crippen molar-refractivity contribution < 1.29 is 4.79 Å². The predicted molar refractivity (Wildman–Crippen MR) is 95.7 cm³/mol. The molecule has 7 heteroatoms. The van der Waals surface area contributed by atoms with E-state index in [2.05, 4.69) is 33.7 Å². The maximum Gasteiger partial charge on any atom is 0.268 e. The zero-order valence-electron chi connectivity index (χ0n) is 14.5. The highest BCUT2D eigenvalue weighted by Crippen LogP contribution is 2.31. The van der Waals surface area contributed by atoms with E-state index in [0.29, 0.717) is 12.2 Å². The molecule has 0 saturated carbocycles. The van der Waals surface area contributed by atoms with Crippen molar-refractivity contribution in [1.82, 2.24) is 24.4 Å². The average Bonchev–Trinajstić information content (AvgIpc) is 3.19. The number of nitrogens with zero attached hydrogens (tertiary/aromatic N) is 3. The van der Waals surface area contributed by atoms with E-state index >= 15 is 0 Å². The molecular formula is C17H25N5OS. The lowest BCUT2D eigenvalue weighted by Gasteiger charge is -2.28. The highest BCUT2D eigenvalue weighted by Gasteiger charge is 2.21. The van der Waals surface area contributed by atoms with Crippen molar-refractivity contribution in [3.8, 4) is 0 Å². The van der Waals surface area contributed by atoms with Crippen LogP contribution in [0.5, 0.6) is 0 Å². The van der Waals surface area contributed by atoms with Gasteiger partial charge in [-0.1, -0.05) is 6.92 Å². The van der Waals surface area contributed by atoms with Crippen LogP contribution in [0.1, 0.15) is 41.6 Å².